The number of amides is 1. The van der Waals surface area contributed by atoms with Crippen LogP contribution < -0.4 is 10.5 Å². The number of rotatable bonds is 4. The molecule has 5 heteroatoms. The smallest absolute Gasteiger partial charge is 0.272 e. The van der Waals surface area contributed by atoms with Crippen molar-refractivity contribution in [3.05, 3.63) is 24.0 Å². The van der Waals surface area contributed by atoms with Crippen molar-refractivity contribution in [2.75, 3.05) is 20.6 Å². The molecule has 0 bridgehead atoms. The summed E-state index contributed by atoms with van der Waals surface area (Å²) in [7, 11) is 3.41. The molecule has 1 aliphatic rings. The fourth-order valence-corrected chi connectivity index (χ4v) is 2.43. The zero-order valence-electron chi connectivity index (χ0n) is 11.5. The van der Waals surface area contributed by atoms with E-state index < -0.39 is 0 Å². The van der Waals surface area contributed by atoms with Crippen molar-refractivity contribution < 1.29 is 9.53 Å². The van der Waals surface area contributed by atoms with E-state index in [1.54, 1.807) is 32.4 Å². The molecule has 0 aliphatic heterocycles. The van der Waals surface area contributed by atoms with Gasteiger partial charge in [-0.2, -0.15) is 0 Å². The highest BCUT2D eigenvalue weighted by Crippen LogP contribution is 2.29. The molecule has 2 unspecified atom stereocenters. The molecular weight excluding hydrogens is 242 g/mol. The summed E-state index contributed by atoms with van der Waals surface area (Å²) in [5.41, 5.74) is 6.15. The number of pyridine rings is 1. The highest BCUT2D eigenvalue weighted by molar-refractivity contribution is 5.92. The van der Waals surface area contributed by atoms with Gasteiger partial charge < -0.3 is 15.4 Å². The van der Waals surface area contributed by atoms with Crippen LogP contribution in [0.5, 0.6) is 5.75 Å². The first kappa shape index (κ1) is 13.8. The summed E-state index contributed by atoms with van der Waals surface area (Å²) in [6.45, 7) is 0.652. The summed E-state index contributed by atoms with van der Waals surface area (Å²) in [6, 6.07) is 3.49. The summed E-state index contributed by atoms with van der Waals surface area (Å²) in [6.07, 6.45) is 5.07. The Balaban J connectivity index is 2.09. The van der Waals surface area contributed by atoms with Gasteiger partial charge in [0, 0.05) is 32.3 Å². The highest BCUT2D eigenvalue weighted by Gasteiger charge is 2.27. The number of nitrogens with two attached hydrogens (primary N) is 1. The van der Waals surface area contributed by atoms with E-state index in [0.29, 0.717) is 23.9 Å². The van der Waals surface area contributed by atoms with E-state index in [1.165, 1.54) is 4.90 Å². The van der Waals surface area contributed by atoms with Crippen LogP contribution >= 0.6 is 0 Å². The van der Waals surface area contributed by atoms with Crippen LogP contribution in [-0.4, -0.2) is 42.5 Å². The average Bonchev–Trinajstić information content (AvgIpc) is 2.85. The Hall–Kier alpha value is -1.62. The van der Waals surface area contributed by atoms with Crippen molar-refractivity contribution in [3.63, 3.8) is 0 Å². The molecule has 5 nitrogen and oxygen atoms in total. The number of hydrogen-bond donors (Lipinski definition) is 1. The minimum Gasteiger partial charge on any atom is -0.490 e. The van der Waals surface area contributed by atoms with Gasteiger partial charge in [0.25, 0.3) is 5.91 Å². The first-order valence-corrected chi connectivity index (χ1v) is 6.66. The minimum atomic E-state index is -0.118. The second-order valence-electron chi connectivity index (χ2n) is 5.16. The lowest BCUT2D eigenvalue weighted by atomic mass is 10.1. The van der Waals surface area contributed by atoms with Gasteiger partial charge in [-0.3, -0.25) is 9.78 Å². The second kappa shape index (κ2) is 6.02. The molecule has 1 fully saturated rings. The number of nitrogens with zero attached hydrogens (tertiary/aromatic N) is 2. The van der Waals surface area contributed by atoms with E-state index in [1.807, 2.05) is 0 Å². The lowest BCUT2D eigenvalue weighted by Crippen LogP contribution is -2.28. The average molecular weight is 263 g/mol. The topological polar surface area (TPSA) is 68.5 Å². The molecule has 1 amide bonds. The van der Waals surface area contributed by atoms with Crippen LogP contribution in [0.25, 0.3) is 0 Å². The lowest BCUT2D eigenvalue weighted by molar-refractivity contribution is 0.0820. The van der Waals surface area contributed by atoms with E-state index >= 15 is 0 Å². The monoisotopic (exact) mass is 263 g/mol. The normalized spacial score (nSPS) is 22.3. The molecule has 1 saturated carbocycles. The molecule has 1 aromatic rings. The van der Waals surface area contributed by atoms with Crippen LogP contribution in [0, 0.1) is 5.92 Å². The summed E-state index contributed by atoms with van der Waals surface area (Å²) >= 11 is 0. The van der Waals surface area contributed by atoms with Crippen LogP contribution in [0.3, 0.4) is 0 Å². The molecule has 2 atom stereocenters. The zero-order valence-corrected chi connectivity index (χ0v) is 11.5. The van der Waals surface area contributed by atoms with Gasteiger partial charge in [-0.15, -0.1) is 0 Å². The summed E-state index contributed by atoms with van der Waals surface area (Å²) < 4.78 is 5.96. The number of ether oxygens (including phenoxy) is 1. The van der Waals surface area contributed by atoms with Gasteiger partial charge in [0.15, 0.2) is 0 Å². The van der Waals surface area contributed by atoms with Gasteiger partial charge in [0.1, 0.15) is 17.5 Å². The van der Waals surface area contributed by atoms with Crippen molar-refractivity contribution in [2.24, 2.45) is 11.7 Å². The molecule has 1 aromatic heterocycles. The molecule has 0 saturated heterocycles. The predicted molar refractivity (Wildman–Crippen MR) is 73.1 cm³/mol. The van der Waals surface area contributed by atoms with Crippen LogP contribution in [0.1, 0.15) is 29.8 Å². The molecule has 2 N–H and O–H groups in total. The molecule has 0 spiro atoms. The van der Waals surface area contributed by atoms with Gasteiger partial charge in [-0.1, -0.05) is 0 Å². The summed E-state index contributed by atoms with van der Waals surface area (Å²) in [5.74, 6) is 0.999. The van der Waals surface area contributed by atoms with Crippen molar-refractivity contribution in [2.45, 2.75) is 25.4 Å². The van der Waals surface area contributed by atoms with E-state index in [4.69, 9.17) is 10.5 Å². The van der Waals surface area contributed by atoms with Gasteiger partial charge in [-0.25, -0.2) is 0 Å². The number of carbonyl (C=O) groups is 1. The third kappa shape index (κ3) is 3.23. The first-order valence-electron chi connectivity index (χ1n) is 6.66. The SMILES string of the molecule is CN(C)C(=O)c1cc(OC2CCCC2CN)ccn1. The van der Waals surface area contributed by atoms with E-state index in [0.717, 1.165) is 19.3 Å². The summed E-state index contributed by atoms with van der Waals surface area (Å²) in [5, 5.41) is 0. The Bertz CT molecular complexity index is 448. The second-order valence-corrected chi connectivity index (χ2v) is 5.16. The van der Waals surface area contributed by atoms with E-state index in [2.05, 4.69) is 4.98 Å². The summed E-state index contributed by atoms with van der Waals surface area (Å²) in [4.78, 5) is 17.4. The van der Waals surface area contributed by atoms with Crippen molar-refractivity contribution >= 4 is 5.91 Å². The molecular formula is C14H21N3O2. The molecule has 0 aromatic carbocycles. The molecule has 104 valence electrons. The maximum absolute atomic E-state index is 11.8. The molecule has 0 radical (unpaired) electrons. The van der Waals surface area contributed by atoms with Gasteiger partial charge in [0.2, 0.25) is 0 Å². The predicted octanol–water partition coefficient (Wildman–Crippen LogP) is 1.29. The van der Waals surface area contributed by atoms with Crippen LogP contribution in [0.4, 0.5) is 0 Å². The maximum Gasteiger partial charge on any atom is 0.272 e. The Morgan fingerprint density at radius 3 is 3.00 bits per heavy atom. The third-order valence-corrected chi connectivity index (χ3v) is 3.54. The van der Waals surface area contributed by atoms with Crippen molar-refractivity contribution in [3.8, 4) is 5.75 Å². The van der Waals surface area contributed by atoms with Crippen molar-refractivity contribution in [1.82, 2.24) is 9.88 Å². The third-order valence-electron chi connectivity index (χ3n) is 3.54. The van der Waals surface area contributed by atoms with E-state index in [9.17, 15) is 4.79 Å². The fourth-order valence-electron chi connectivity index (χ4n) is 2.43. The largest absolute Gasteiger partial charge is 0.490 e. The fraction of sp³-hybridized carbons (Fsp3) is 0.571. The van der Waals surface area contributed by atoms with Crippen molar-refractivity contribution in [1.29, 1.82) is 0 Å². The first-order chi connectivity index (χ1) is 9.11. The zero-order chi connectivity index (χ0) is 13.8. The Kier molecular flexibility index (Phi) is 4.37. The van der Waals surface area contributed by atoms with Gasteiger partial charge >= 0.3 is 0 Å². The molecule has 19 heavy (non-hydrogen) atoms. The number of carbonyl (C=O) groups excluding carboxylic acids is 1. The lowest BCUT2D eigenvalue weighted by Gasteiger charge is -2.20. The maximum atomic E-state index is 11.8. The Labute approximate surface area is 113 Å². The molecule has 1 heterocycles. The highest BCUT2D eigenvalue weighted by atomic mass is 16.5. The molecule has 1 aliphatic carbocycles. The Morgan fingerprint density at radius 1 is 1.53 bits per heavy atom. The molecule has 2 rings (SSSR count). The quantitative estimate of drug-likeness (QED) is 0.888. The minimum absolute atomic E-state index is 0.118. The van der Waals surface area contributed by atoms with Gasteiger partial charge in [0.05, 0.1) is 0 Å². The van der Waals surface area contributed by atoms with Crippen LogP contribution in [0.2, 0.25) is 0 Å². The van der Waals surface area contributed by atoms with E-state index in [-0.39, 0.29) is 12.0 Å². The van der Waals surface area contributed by atoms with Gasteiger partial charge in [-0.05, 0) is 31.9 Å². The van der Waals surface area contributed by atoms with Crippen LogP contribution in [-0.2, 0) is 0 Å². The Morgan fingerprint density at radius 2 is 2.32 bits per heavy atom. The number of hydrogen-bond acceptors (Lipinski definition) is 4. The van der Waals surface area contributed by atoms with Crippen LogP contribution in [0.15, 0.2) is 18.3 Å². The number of aromatic nitrogens is 1. The standard InChI is InChI=1S/C14H21N3O2/c1-17(2)14(18)12-8-11(6-7-16-12)19-13-5-3-4-10(13)9-15/h6-8,10,13H,3-5,9,15H2,1-2H3.